The molecule has 0 atom stereocenters. The van der Waals surface area contributed by atoms with Gasteiger partial charge in [0.1, 0.15) is 0 Å². The summed E-state index contributed by atoms with van der Waals surface area (Å²) in [5.74, 6) is -0.0256. The van der Waals surface area contributed by atoms with Crippen LogP contribution in [0, 0.1) is 0 Å². The van der Waals surface area contributed by atoms with Crippen molar-refractivity contribution in [2.75, 3.05) is 4.72 Å². The molecule has 1 aromatic carbocycles. The van der Waals surface area contributed by atoms with Crippen LogP contribution in [0.15, 0.2) is 18.2 Å². The molecular formula is C12H16N2O3S. The fraction of sp³-hybridized carbons (Fsp3) is 0.417. The van der Waals surface area contributed by atoms with Gasteiger partial charge in [-0.05, 0) is 44.5 Å². The zero-order chi connectivity index (χ0) is 13.5. The van der Waals surface area contributed by atoms with E-state index in [9.17, 15) is 13.2 Å². The van der Waals surface area contributed by atoms with E-state index in [1.54, 1.807) is 18.2 Å². The number of rotatable bonds is 2. The molecule has 0 saturated carbocycles. The molecule has 0 spiro atoms. The number of Topliss-reactive ketones (excluding diaryl/α,β-unsaturated/α-hetero) is 1. The van der Waals surface area contributed by atoms with Gasteiger partial charge >= 0.3 is 10.2 Å². The number of nitrogens with zero attached hydrogens (tertiary/aromatic N) is 1. The molecule has 0 aliphatic carbocycles. The fourth-order valence-corrected chi connectivity index (χ4v) is 3.41. The lowest BCUT2D eigenvalue weighted by atomic mass is 10.1. The van der Waals surface area contributed by atoms with Crippen LogP contribution in [0.25, 0.3) is 0 Å². The van der Waals surface area contributed by atoms with E-state index >= 15 is 0 Å². The minimum absolute atomic E-state index is 0.0256. The lowest BCUT2D eigenvalue weighted by Gasteiger charge is -2.32. The first kappa shape index (κ1) is 13.0. The number of ketones is 1. The Labute approximate surface area is 107 Å². The molecule has 0 saturated heterocycles. The van der Waals surface area contributed by atoms with Crippen molar-refractivity contribution in [1.82, 2.24) is 4.31 Å². The van der Waals surface area contributed by atoms with Gasteiger partial charge in [0.25, 0.3) is 0 Å². The molecule has 0 radical (unpaired) electrons. The molecule has 98 valence electrons. The third-order valence-corrected chi connectivity index (χ3v) is 4.61. The average Bonchev–Trinajstić information content (AvgIpc) is 2.25. The molecular weight excluding hydrogens is 252 g/mol. The SMILES string of the molecule is CC(=O)c1ccc2c(c1)CN(C(C)C)S(=O)(=O)N2. The number of fused-ring (bicyclic) bond motifs is 1. The van der Waals surface area contributed by atoms with Gasteiger partial charge in [0.15, 0.2) is 5.78 Å². The summed E-state index contributed by atoms with van der Waals surface area (Å²) in [6.45, 7) is 5.43. The molecule has 1 aliphatic heterocycles. The van der Waals surface area contributed by atoms with Crippen molar-refractivity contribution in [3.8, 4) is 0 Å². The molecule has 0 amide bonds. The molecule has 2 rings (SSSR count). The molecule has 18 heavy (non-hydrogen) atoms. The molecule has 6 heteroatoms. The number of carbonyl (C=O) groups is 1. The van der Waals surface area contributed by atoms with Gasteiger partial charge in [-0.2, -0.15) is 12.7 Å². The Hall–Kier alpha value is -1.40. The molecule has 1 aliphatic rings. The number of nitrogens with one attached hydrogen (secondary N) is 1. The van der Waals surface area contributed by atoms with E-state index in [1.807, 2.05) is 13.8 Å². The van der Waals surface area contributed by atoms with E-state index in [-0.39, 0.29) is 11.8 Å². The molecule has 0 aromatic heterocycles. The molecule has 1 heterocycles. The van der Waals surface area contributed by atoms with Gasteiger partial charge in [0, 0.05) is 18.2 Å². The van der Waals surface area contributed by atoms with E-state index in [2.05, 4.69) is 4.72 Å². The number of hydrogen-bond donors (Lipinski definition) is 1. The highest BCUT2D eigenvalue weighted by Crippen LogP contribution is 2.28. The monoisotopic (exact) mass is 268 g/mol. The van der Waals surface area contributed by atoms with E-state index < -0.39 is 10.2 Å². The van der Waals surface area contributed by atoms with Gasteiger partial charge in [-0.1, -0.05) is 0 Å². The maximum atomic E-state index is 12.0. The Bertz CT molecular complexity index is 593. The van der Waals surface area contributed by atoms with Gasteiger partial charge < -0.3 is 0 Å². The highest BCUT2D eigenvalue weighted by molar-refractivity contribution is 7.90. The van der Waals surface area contributed by atoms with Crippen LogP contribution in [-0.4, -0.2) is 24.5 Å². The average molecular weight is 268 g/mol. The summed E-state index contributed by atoms with van der Waals surface area (Å²) in [5.41, 5.74) is 1.97. The quantitative estimate of drug-likeness (QED) is 0.831. The first-order valence-corrected chi connectivity index (χ1v) is 7.18. The van der Waals surface area contributed by atoms with Crippen LogP contribution in [-0.2, 0) is 16.8 Å². The number of benzene rings is 1. The molecule has 0 fully saturated rings. The second-order valence-electron chi connectivity index (χ2n) is 4.67. The van der Waals surface area contributed by atoms with Crippen LogP contribution < -0.4 is 4.72 Å². The zero-order valence-electron chi connectivity index (χ0n) is 10.6. The van der Waals surface area contributed by atoms with Crippen molar-refractivity contribution in [3.05, 3.63) is 29.3 Å². The second kappa shape index (κ2) is 4.37. The minimum Gasteiger partial charge on any atom is -0.295 e. The Balaban J connectivity index is 2.47. The third-order valence-electron chi connectivity index (χ3n) is 2.96. The van der Waals surface area contributed by atoms with Gasteiger partial charge in [0.2, 0.25) is 0 Å². The van der Waals surface area contributed by atoms with Crippen LogP contribution in [0.4, 0.5) is 5.69 Å². The second-order valence-corrected chi connectivity index (χ2v) is 6.30. The van der Waals surface area contributed by atoms with E-state index in [0.29, 0.717) is 17.8 Å². The highest BCUT2D eigenvalue weighted by atomic mass is 32.2. The Morgan fingerprint density at radius 3 is 2.61 bits per heavy atom. The summed E-state index contributed by atoms with van der Waals surface area (Å²) in [5, 5.41) is 0. The maximum Gasteiger partial charge on any atom is 0.302 e. The summed E-state index contributed by atoms with van der Waals surface area (Å²) in [4.78, 5) is 11.3. The molecule has 1 N–H and O–H groups in total. The predicted octanol–water partition coefficient (Wildman–Crippen LogP) is 1.77. The predicted molar refractivity (Wildman–Crippen MR) is 69.7 cm³/mol. The number of hydrogen-bond acceptors (Lipinski definition) is 3. The van der Waals surface area contributed by atoms with Gasteiger partial charge in [-0.25, -0.2) is 0 Å². The smallest absolute Gasteiger partial charge is 0.295 e. The van der Waals surface area contributed by atoms with Crippen LogP contribution in [0.5, 0.6) is 0 Å². The molecule has 0 bridgehead atoms. The summed E-state index contributed by atoms with van der Waals surface area (Å²) < 4.78 is 27.8. The van der Waals surface area contributed by atoms with Crippen LogP contribution in [0.3, 0.4) is 0 Å². The summed E-state index contributed by atoms with van der Waals surface area (Å²) in [7, 11) is -3.47. The van der Waals surface area contributed by atoms with Crippen LogP contribution in [0.1, 0.15) is 36.7 Å². The number of anilines is 1. The maximum absolute atomic E-state index is 12.0. The molecule has 5 nitrogen and oxygen atoms in total. The normalized spacial score (nSPS) is 18.2. The minimum atomic E-state index is -3.47. The molecule has 0 unspecified atom stereocenters. The van der Waals surface area contributed by atoms with Crippen LogP contribution >= 0.6 is 0 Å². The zero-order valence-corrected chi connectivity index (χ0v) is 11.4. The fourth-order valence-electron chi connectivity index (χ4n) is 1.95. The largest absolute Gasteiger partial charge is 0.302 e. The molecule has 1 aromatic rings. The Kier molecular flexibility index (Phi) is 3.16. The Morgan fingerprint density at radius 2 is 2.06 bits per heavy atom. The van der Waals surface area contributed by atoms with Gasteiger partial charge in [-0.3, -0.25) is 9.52 Å². The van der Waals surface area contributed by atoms with E-state index in [0.717, 1.165) is 5.56 Å². The van der Waals surface area contributed by atoms with Crippen molar-refractivity contribution >= 4 is 21.7 Å². The van der Waals surface area contributed by atoms with Gasteiger partial charge in [0.05, 0.1) is 5.69 Å². The first-order valence-electron chi connectivity index (χ1n) is 5.74. The Morgan fingerprint density at radius 1 is 1.39 bits per heavy atom. The summed E-state index contributed by atoms with van der Waals surface area (Å²) in [6, 6.07) is 4.89. The van der Waals surface area contributed by atoms with Gasteiger partial charge in [-0.15, -0.1) is 0 Å². The van der Waals surface area contributed by atoms with Crippen molar-refractivity contribution in [3.63, 3.8) is 0 Å². The van der Waals surface area contributed by atoms with Crippen molar-refractivity contribution in [2.45, 2.75) is 33.4 Å². The van der Waals surface area contributed by atoms with E-state index in [4.69, 9.17) is 0 Å². The first-order chi connectivity index (χ1) is 8.31. The van der Waals surface area contributed by atoms with E-state index in [1.165, 1.54) is 11.2 Å². The topological polar surface area (TPSA) is 66.5 Å². The summed E-state index contributed by atoms with van der Waals surface area (Å²) >= 11 is 0. The van der Waals surface area contributed by atoms with Crippen LogP contribution in [0.2, 0.25) is 0 Å². The van der Waals surface area contributed by atoms with Crippen molar-refractivity contribution in [1.29, 1.82) is 0 Å². The number of carbonyl (C=O) groups excluding carboxylic acids is 1. The summed E-state index contributed by atoms with van der Waals surface area (Å²) in [6.07, 6.45) is 0. The van der Waals surface area contributed by atoms with Crippen molar-refractivity contribution in [2.24, 2.45) is 0 Å². The van der Waals surface area contributed by atoms with Crippen molar-refractivity contribution < 1.29 is 13.2 Å². The standard InChI is InChI=1S/C12H16N2O3S/c1-8(2)14-7-11-6-10(9(3)15)4-5-12(11)13-18(14,16)17/h4-6,8,13H,7H2,1-3H3. The lowest BCUT2D eigenvalue weighted by Crippen LogP contribution is -2.43. The highest BCUT2D eigenvalue weighted by Gasteiger charge is 2.31. The third kappa shape index (κ3) is 2.26. The lowest BCUT2D eigenvalue weighted by molar-refractivity contribution is 0.101.